The molecule has 0 bridgehead atoms. The molecule has 0 saturated heterocycles. The monoisotopic (exact) mass is 515 g/mol. The van der Waals surface area contributed by atoms with Crippen molar-refractivity contribution in [1.29, 1.82) is 0 Å². The van der Waals surface area contributed by atoms with Crippen LogP contribution in [0.15, 0.2) is 70.3 Å². The van der Waals surface area contributed by atoms with Gasteiger partial charge in [0.1, 0.15) is 18.1 Å². The Bertz CT molecular complexity index is 1490. The van der Waals surface area contributed by atoms with Crippen molar-refractivity contribution < 1.29 is 14.0 Å². The van der Waals surface area contributed by atoms with E-state index < -0.39 is 35.3 Å². The number of anilines is 1. The van der Waals surface area contributed by atoms with Gasteiger partial charge in [0, 0.05) is 18.0 Å². The van der Waals surface area contributed by atoms with Gasteiger partial charge in [0.2, 0.25) is 17.6 Å². The summed E-state index contributed by atoms with van der Waals surface area (Å²) < 4.78 is 6.95. The van der Waals surface area contributed by atoms with Crippen molar-refractivity contribution in [3.63, 3.8) is 0 Å². The van der Waals surface area contributed by atoms with E-state index >= 15 is 0 Å². The number of Topliss-reactive ketones (excluding diaryl/α,β-unsaturated/α-hetero) is 1. The van der Waals surface area contributed by atoms with Crippen molar-refractivity contribution in [3.8, 4) is 11.4 Å². The number of benzene rings is 1. The lowest BCUT2D eigenvalue weighted by atomic mass is 9.85. The predicted octanol–water partition coefficient (Wildman–Crippen LogP) is 2.62. The van der Waals surface area contributed by atoms with Crippen molar-refractivity contribution in [2.45, 2.75) is 45.7 Å². The first-order valence-electron chi connectivity index (χ1n) is 12.1. The molecule has 1 amide bonds. The third-order valence-electron chi connectivity index (χ3n) is 6.23. The third kappa shape index (κ3) is 5.36. The average molecular weight is 516 g/mol. The highest BCUT2D eigenvalue weighted by Gasteiger charge is 2.34. The molecule has 0 radical (unpaired) electrons. The molecule has 3 heterocycles. The second-order valence-corrected chi connectivity index (χ2v) is 9.73. The van der Waals surface area contributed by atoms with Gasteiger partial charge in [-0.25, -0.2) is 4.98 Å². The minimum Gasteiger partial charge on any atom is -0.417 e. The van der Waals surface area contributed by atoms with Crippen LogP contribution in [0.5, 0.6) is 0 Å². The number of carbonyl (C=O) groups is 2. The van der Waals surface area contributed by atoms with Gasteiger partial charge in [0.15, 0.2) is 0 Å². The van der Waals surface area contributed by atoms with Crippen LogP contribution >= 0.6 is 0 Å². The number of ketones is 1. The molecule has 38 heavy (non-hydrogen) atoms. The van der Waals surface area contributed by atoms with Gasteiger partial charge in [-0.15, -0.1) is 10.2 Å². The standard InChI is InChI=1S/C27H29N7O4/c1-16(2)21(22(36)24-32-33-26(38-24)27(3,4)18-10-6-5-7-11-18)31-20(35)15-34-23(17-9-8-12-29-13-17)30-14-19(28)25(34)37/h5-14,16,21H,15,28H2,1-4H3,(H,31,35). The van der Waals surface area contributed by atoms with Crippen LogP contribution in [0.25, 0.3) is 11.4 Å². The van der Waals surface area contributed by atoms with E-state index in [4.69, 9.17) is 10.2 Å². The molecule has 11 nitrogen and oxygen atoms in total. The average Bonchev–Trinajstić information content (AvgIpc) is 3.42. The van der Waals surface area contributed by atoms with Gasteiger partial charge < -0.3 is 15.5 Å². The molecule has 0 aliphatic heterocycles. The fourth-order valence-electron chi connectivity index (χ4n) is 3.96. The first-order chi connectivity index (χ1) is 18.1. The van der Waals surface area contributed by atoms with Crippen molar-refractivity contribution in [3.05, 3.63) is 88.8 Å². The van der Waals surface area contributed by atoms with Crippen LogP contribution < -0.4 is 16.6 Å². The maximum atomic E-state index is 13.3. The molecule has 196 valence electrons. The lowest BCUT2D eigenvalue weighted by Crippen LogP contribution is -2.46. The minimum absolute atomic E-state index is 0.110. The summed E-state index contributed by atoms with van der Waals surface area (Å²) in [5.74, 6) is -1.12. The number of hydrogen-bond donors (Lipinski definition) is 2. The lowest BCUT2D eigenvalue weighted by Gasteiger charge is -2.21. The Balaban J connectivity index is 1.56. The number of nitrogen functional groups attached to an aromatic ring is 1. The summed E-state index contributed by atoms with van der Waals surface area (Å²) in [7, 11) is 0. The zero-order chi connectivity index (χ0) is 27.4. The molecule has 0 aliphatic rings. The predicted molar refractivity (Wildman–Crippen MR) is 140 cm³/mol. The quantitative estimate of drug-likeness (QED) is 0.319. The molecular weight excluding hydrogens is 486 g/mol. The third-order valence-corrected chi connectivity index (χ3v) is 6.23. The van der Waals surface area contributed by atoms with E-state index in [1.807, 2.05) is 44.2 Å². The molecule has 0 aliphatic carbocycles. The summed E-state index contributed by atoms with van der Waals surface area (Å²) in [5, 5.41) is 10.8. The largest absolute Gasteiger partial charge is 0.417 e. The van der Waals surface area contributed by atoms with E-state index in [-0.39, 0.29) is 29.2 Å². The Morgan fingerprint density at radius 2 is 1.82 bits per heavy atom. The van der Waals surface area contributed by atoms with Crippen LogP contribution in [0.3, 0.4) is 0 Å². The molecular formula is C27H29N7O4. The van der Waals surface area contributed by atoms with Crippen molar-refractivity contribution >= 4 is 17.4 Å². The Labute approximate surface area is 219 Å². The number of nitrogens with one attached hydrogen (secondary N) is 1. The number of hydrogen-bond acceptors (Lipinski definition) is 9. The fourth-order valence-corrected chi connectivity index (χ4v) is 3.96. The fraction of sp³-hybridized carbons (Fsp3) is 0.296. The van der Waals surface area contributed by atoms with Crippen LogP contribution in [-0.4, -0.2) is 42.5 Å². The SMILES string of the molecule is CC(C)C(NC(=O)Cn1c(-c2cccnc2)ncc(N)c1=O)C(=O)c1nnc(C(C)(C)c2ccccc2)o1. The molecule has 3 aromatic heterocycles. The zero-order valence-corrected chi connectivity index (χ0v) is 21.6. The maximum absolute atomic E-state index is 13.3. The van der Waals surface area contributed by atoms with Gasteiger partial charge in [-0.1, -0.05) is 44.2 Å². The molecule has 0 saturated carbocycles. The van der Waals surface area contributed by atoms with Gasteiger partial charge in [-0.2, -0.15) is 0 Å². The van der Waals surface area contributed by atoms with Crippen molar-refractivity contribution in [2.75, 3.05) is 5.73 Å². The summed E-state index contributed by atoms with van der Waals surface area (Å²) in [6.45, 7) is 6.99. The van der Waals surface area contributed by atoms with Gasteiger partial charge in [-0.3, -0.25) is 23.9 Å². The molecule has 0 fully saturated rings. The van der Waals surface area contributed by atoms with Crippen LogP contribution in [-0.2, 0) is 16.8 Å². The lowest BCUT2D eigenvalue weighted by molar-refractivity contribution is -0.122. The van der Waals surface area contributed by atoms with Crippen LogP contribution in [0.2, 0.25) is 0 Å². The molecule has 11 heteroatoms. The highest BCUT2D eigenvalue weighted by atomic mass is 16.4. The normalized spacial score (nSPS) is 12.3. The number of rotatable bonds is 9. The van der Waals surface area contributed by atoms with E-state index in [1.54, 1.807) is 32.2 Å². The minimum atomic E-state index is -0.970. The highest BCUT2D eigenvalue weighted by molar-refractivity contribution is 5.98. The Morgan fingerprint density at radius 1 is 1.08 bits per heavy atom. The molecule has 3 N–H and O–H groups in total. The van der Waals surface area contributed by atoms with Gasteiger partial charge in [0.05, 0.1) is 17.7 Å². The van der Waals surface area contributed by atoms with Crippen LogP contribution in [0.1, 0.15) is 49.8 Å². The number of nitrogens with two attached hydrogens (primary N) is 1. The number of carbonyl (C=O) groups excluding carboxylic acids is 2. The van der Waals surface area contributed by atoms with E-state index in [2.05, 4.69) is 25.5 Å². The van der Waals surface area contributed by atoms with Crippen molar-refractivity contribution in [1.82, 2.24) is 30.0 Å². The maximum Gasteiger partial charge on any atom is 0.286 e. The topological polar surface area (TPSA) is 159 Å². The van der Waals surface area contributed by atoms with E-state index in [9.17, 15) is 14.4 Å². The summed E-state index contributed by atoms with van der Waals surface area (Å²) in [4.78, 5) is 47.5. The zero-order valence-electron chi connectivity index (χ0n) is 21.6. The number of aromatic nitrogens is 5. The molecule has 1 unspecified atom stereocenters. The molecule has 1 atom stereocenters. The summed E-state index contributed by atoms with van der Waals surface area (Å²) >= 11 is 0. The second kappa shape index (κ2) is 10.8. The molecule has 1 aromatic carbocycles. The Hall–Kier alpha value is -4.67. The Kier molecular flexibility index (Phi) is 7.47. The van der Waals surface area contributed by atoms with E-state index in [0.29, 0.717) is 5.56 Å². The summed E-state index contributed by atoms with van der Waals surface area (Å²) in [6, 6.07) is 12.0. The van der Waals surface area contributed by atoms with Gasteiger partial charge in [-0.05, 0) is 37.5 Å². The number of pyridine rings is 1. The van der Waals surface area contributed by atoms with E-state index in [0.717, 1.165) is 10.1 Å². The van der Waals surface area contributed by atoms with Crippen LogP contribution in [0.4, 0.5) is 5.69 Å². The summed E-state index contributed by atoms with van der Waals surface area (Å²) in [6.07, 6.45) is 4.35. The first kappa shape index (κ1) is 26.4. The first-order valence-corrected chi connectivity index (χ1v) is 12.1. The van der Waals surface area contributed by atoms with Crippen LogP contribution in [0, 0.1) is 5.92 Å². The van der Waals surface area contributed by atoms with Gasteiger partial charge >= 0.3 is 0 Å². The Morgan fingerprint density at radius 3 is 2.47 bits per heavy atom. The number of nitrogens with zero attached hydrogens (tertiary/aromatic N) is 5. The van der Waals surface area contributed by atoms with E-state index in [1.165, 1.54) is 12.4 Å². The van der Waals surface area contributed by atoms with Crippen molar-refractivity contribution in [2.24, 2.45) is 5.92 Å². The molecule has 4 aromatic rings. The molecule has 4 rings (SSSR count). The summed E-state index contributed by atoms with van der Waals surface area (Å²) in [5.41, 5.74) is 5.93. The molecule has 0 spiro atoms. The van der Waals surface area contributed by atoms with Gasteiger partial charge in [0.25, 0.3) is 11.4 Å². The number of amides is 1. The second-order valence-electron chi connectivity index (χ2n) is 9.73. The highest BCUT2D eigenvalue weighted by Crippen LogP contribution is 2.30. The smallest absolute Gasteiger partial charge is 0.286 e.